The summed E-state index contributed by atoms with van der Waals surface area (Å²) in [6, 6.07) is 13.3. The molecule has 0 unspecified atom stereocenters. The molecule has 2 heterocycles. The lowest BCUT2D eigenvalue weighted by molar-refractivity contribution is 0.103. The summed E-state index contributed by atoms with van der Waals surface area (Å²) in [4.78, 5) is 12.7. The van der Waals surface area contributed by atoms with Gasteiger partial charge in [0, 0.05) is 11.1 Å². The molecule has 0 saturated carbocycles. The molecule has 0 bridgehead atoms. The lowest BCUT2D eigenvalue weighted by atomic mass is 10.00. The average Bonchev–Trinajstić information content (AvgIpc) is 3.07. The van der Waals surface area contributed by atoms with Crippen molar-refractivity contribution in [2.45, 2.75) is 9.79 Å². The van der Waals surface area contributed by atoms with Crippen LogP contribution >= 0.6 is 11.3 Å². The van der Waals surface area contributed by atoms with Crippen LogP contribution in [0.25, 0.3) is 11.1 Å². The fraction of sp³-hybridized carbons (Fsp3) is 0. The first-order valence-corrected chi connectivity index (χ1v) is 9.07. The standard InChI is InChI=1S/C17H10O3S2/c18-17-13-3-1-2-4-15(13)22(19,20)16-9-11(5-6-14(16)17)12-7-8-21-10-12/h1-10H. The molecule has 0 atom stereocenters. The van der Waals surface area contributed by atoms with E-state index in [9.17, 15) is 13.2 Å². The second-order valence-electron chi connectivity index (χ2n) is 5.05. The number of thiophene rings is 1. The number of ketones is 1. The summed E-state index contributed by atoms with van der Waals surface area (Å²) in [7, 11) is -3.67. The Morgan fingerprint density at radius 1 is 0.818 bits per heavy atom. The maximum Gasteiger partial charge on any atom is 0.208 e. The second kappa shape index (κ2) is 4.63. The molecule has 3 nitrogen and oxygen atoms in total. The highest BCUT2D eigenvalue weighted by atomic mass is 32.2. The Bertz CT molecular complexity index is 1000. The van der Waals surface area contributed by atoms with E-state index in [4.69, 9.17) is 0 Å². The fourth-order valence-corrected chi connectivity index (χ4v) is 5.03. The predicted molar refractivity (Wildman–Crippen MR) is 85.1 cm³/mol. The zero-order valence-corrected chi connectivity index (χ0v) is 12.9. The Balaban J connectivity index is 2.02. The van der Waals surface area contributed by atoms with Crippen LogP contribution in [0.4, 0.5) is 0 Å². The molecule has 108 valence electrons. The van der Waals surface area contributed by atoms with E-state index in [0.717, 1.165) is 11.1 Å². The minimum Gasteiger partial charge on any atom is -0.289 e. The third-order valence-corrected chi connectivity index (χ3v) is 6.33. The molecule has 0 N–H and O–H groups in total. The molecule has 0 fully saturated rings. The number of carbonyl (C=O) groups is 1. The third-order valence-electron chi connectivity index (χ3n) is 3.79. The Hall–Kier alpha value is -2.24. The largest absolute Gasteiger partial charge is 0.289 e. The molecule has 22 heavy (non-hydrogen) atoms. The van der Waals surface area contributed by atoms with Crippen molar-refractivity contribution in [1.29, 1.82) is 0 Å². The van der Waals surface area contributed by atoms with E-state index in [0.29, 0.717) is 0 Å². The van der Waals surface area contributed by atoms with E-state index in [-0.39, 0.29) is 26.7 Å². The molecule has 0 amide bonds. The summed E-state index contributed by atoms with van der Waals surface area (Å²) < 4.78 is 25.6. The van der Waals surface area contributed by atoms with Gasteiger partial charge in [-0.1, -0.05) is 18.2 Å². The van der Waals surface area contributed by atoms with Crippen LogP contribution in [-0.4, -0.2) is 14.2 Å². The Morgan fingerprint density at radius 3 is 2.36 bits per heavy atom. The number of benzene rings is 2. The second-order valence-corrected chi connectivity index (χ2v) is 7.72. The summed E-state index contributed by atoms with van der Waals surface area (Å²) in [5.74, 6) is -0.239. The van der Waals surface area contributed by atoms with Gasteiger partial charge in [-0.2, -0.15) is 11.3 Å². The number of hydrogen-bond acceptors (Lipinski definition) is 4. The average molecular weight is 326 g/mol. The number of sulfone groups is 1. The van der Waals surface area contributed by atoms with Crippen molar-refractivity contribution >= 4 is 27.0 Å². The molecule has 4 rings (SSSR count). The Kier molecular flexibility index (Phi) is 2.82. The topological polar surface area (TPSA) is 51.2 Å². The van der Waals surface area contributed by atoms with Gasteiger partial charge in [0.05, 0.1) is 9.79 Å². The summed E-state index contributed by atoms with van der Waals surface area (Å²) in [6.07, 6.45) is 0. The molecule has 1 aliphatic heterocycles. The van der Waals surface area contributed by atoms with Gasteiger partial charge >= 0.3 is 0 Å². The van der Waals surface area contributed by atoms with Gasteiger partial charge in [-0.3, -0.25) is 4.79 Å². The first-order valence-electron chi connectivity index (χ1n) is 6.64. The minimum atomic E-state index is -3.67. The molecular formula is C17H10O3S2. The van der Waals surface area contributed by atoms with E-state index in [1.54, 1.807) is 47.7 Å². The van der Waals surface area contributed by atoms with Crippen molar-refractivity contribution in [3.05, 3.63) is 70.4 Å². The number of hydrogen-bond donors (Lipinski definition) is 0. The van der Waals surface area contributed by atoms with Gasteiger partial charge in [0.15, 0.2) is 5.78 Å². The molecule has 0 aliphatic carbocycles. The van der Waals surface area contributed by atoms with E-state index < -0.39 is 9.84 Å². The van der Waals surface area contributed by atoms with Crippen LogP contribution in [0.2, 0.25) is 0 Å². The zero-order valence-electron chi connectivity index (χ0n) is 11.3. The van der Waals surface area contributed by atoms with Crippen LogP contribution in [0.1, 0.15) is 15.9 Å². The van der Waals surface area contributed by atoms with Crippen LogP contribution in [-0.2, 0) is 9.84 Å². The molecule has 0 saturated heterocycles. The molecule has 2 aromatic carbocycles. The van der Waals surface area contributed by atoms with Gasteiger partial charge in [0.2, 0.25) is 9.84 Å². The highest BCUT2D eigenvalue weighted by molar-refractivity contribution is 7.91. The van der Waals surface area contributed by atoms with E-state index in [1.165, 1.54) is 6.07 Å². The van der Waals surface area contributed by atoms with Gasteiger partial charge < -0.3 is 0 Å². The van der Waals surface area contributed by atoms with E-state index in [1.807, 2.05) is 16.8 Å². The summed E-state index contributed by atoms with van der Waals surface area (Å²) in [5, 5.41) is 3.89. The molecule has 0 radical (unpaired) electrons. The fourth-order valence-electron chi connectivity index (χ4n) is 2.69. The highest BCUT2D eigenvalue weighted by Crippen LogP contribution is 2.36. The zero-order chi connectivity index (χ0) is 15.3. The Morgan fingerprint density at radius 2 is 1.59 bits per heavy atom. The molecular weight excluding hydrogens is 316 g/mol. The van der Waals surface area contributed by atoms with Gasteiger partial charge in [-0.05, 0) is 52.2 Å². The normalized spacial score (nSPS) is 15.2. The number of carbonyl (C=O) groups excluding carboxylic acids is 1. The summed E-state index contributed by atoms with van der Waals surface area (Å²) in [6.45, 7) is 0. The maximum atomic E-state index is 12.8. The van der Waals surface area contributed by atoms with Crippen molar-refractivity contribution < 1.29 is 13.2 Å². The predicted octanol–water partition coefficient (Wildman–Crippen LogP) is 3.79. The maximum absolute atomic E-state index is 12.8. The molecule has 3 aromatic rings. The van der Waals surface area contributed by atoms with E-state index in [2.05, 4.69) is 0 Å². The highest BCUT2D eigenvalue weighted by Gasteiger charge is 2.34. The van der Waals surface area contributed by atoms with Gasteiger partial charge in [0.25, 0.3) is 0 Å². The smallest absolute Gasteiger partial charge is 0.208 e. The third kappa shape index (κ3) is 1.79. The molecule has 0 spiro atoms. The van der Waals surface area contributed by atoms with Crippen LogP contribution in [0.5, 0.6) is 0 Å². The first-order chi connectivity index (χ1) is 10.6. The minimum absolute atomic E-state index is 0.0926. The van der Waals surface area contributed by atoms with Crippen molar-refractivity contribution in [2.75, 3.05) is 0 Å². The van der Waals surface area contributed by atoms with Gasteiger partial charge in [0.1, 0.15) is 0 Å². The van der Waals surface area contributed by atoms with Crippen LogP contribution in [0.3, 0.4) is 0 Å². The van der Waals surface area contributed by atoms with E-state index >= 15 is 0 Å². The van der Waals surface area contributed by atoms with Crippen LogP contribution in [0, 0.1) is 0 Å². The lowest BCUT2D eigenvalue weighted by Crippen LogP contribution is -2.20. The quantitative estimate of drug-likeness (QED) is 0.535. The Labute approximate surface area is 131 Å². The molecule has 1 aliphatic rings. The lowest BCUT2D eigenvalue weighted by Gasteiger charge is -2.19. The van der Waals surface area contributed by atoms with Gasteiger partial charge in [-0.25, -0.2) is 8.42 Å². The van der Waals surface area contributed by atoms with Crippen molar-refractivity contribution in [1.82, 2.24) is 0 Å². The summed E-state index contributed by atoms with van der Waals surface area (Å²) >= 11 is 1.54. The number of rotatable bonds is 1. The van der Waals surface area contributed by atoms with Gasteiger partial charge in [-0.15, -0.1) is 0 Å². The van der Waals surface area contributed by atoms with Crippen molar-refractivity contribution in [2.24, 2.45) is 0 Å². The number of fused-ring (bicyclic) bond motifs is 2. The monoisotopic (exact) mass is 326 g/mol. The molecule has 5 heteroatoms. The summed E-state index contributed by atoms with van der Waals surface area (Å²) in [5.41, 5.74) is 2.25. The SMILES string of the molecule is O=C1c2ccccc2S(=O)(=O)c2cc(-c3ccsc3)ccc21. The van der Waals surface area contributed by atoms with Crippen molar-refractivity contribution in [3.63, 3.8) is 0 Å². The van der Waals surface area contributed by atoms with Crippen LogP contribution in [0.15, 0.2) is 69.1 Å². The molecule has 1 aromatic heterocycles. The first kappa shape index (κ1) is 13.4. The van der Waals surface area contributed by atoms with Crippen LogP contribution < -0.4 is 0 Å². The van der Waals surface area contributed by atoms with Crippen molar-refractivity contribution in [3.8, 4) is 11.1 Å².